The molecule has 2 N–H and O–H groups in total. The van der Waals surface area contributed by atoms with Crippen LogP contribution < -0.4 is 10.9 Å². The molecule has 154 valence electrons. The normalized spacial score (nSPS) is 15.1. The standard InChI is InChI=1S/C24H26N4O2/c29-22(14-17-8-4-5-9-17)27-21(18-10-2-1-3-11-18)15-19-16-23(30)28-24(26-19)20-12-6-7-13-25-20/h1-3,6-7,10-13,16-17,21H,4-5,8-9,14-15H2,(H,27,29)(H,26,28,30). The summed E-state index contributed by atoms with van der Waals surface area (Å²) < 4.78 is 0. The third-order valence-corrected chi connectivity index (χ3v) is 5.60. The molecule has 3 aromatic rings. The fourth-order valence-electron chi connectivity index (χ4n) is 4.11. The lowest BCUT2D eigenvalue weighted by Gasteiger charge is -2.20. The number of benzene rings is 1. The lowest BCUT2D eigenvalue weighted by Crippen LogP contribution is -2.31. The minimum atomic E-state index is -0.244. The molecule has 2 aromatic heterocycles. The second kappa shape index (κ2) is 9.48. The van der Waals surface area contributed by atoms with E-state index in [0.717, 1.165) is 18.4 Å². The zero-order valence-corrected chi connectivity index (χ0v) is 16.9. The van der Waals surface area contributed by atoms with Gasteiger partial charge in [-0.2, -0.15) is 0 Å². The molecule has 0 saturated heterocycles. The number of amides is 1. The lowest BCUT2D eigenvalue weighted by molar-refractivity contribution is -0.122. The molecule has 6 heteroatoms. The molecule has 2 heterocycles. The molecule has 1 aliphatic rings. The molecule has 1 saturated carbocycles. The zero-order chi connectivity index (χ0) is 20.8. The van der Waals surface area contributed by atoms with Gasteiger partial charge in [-0.15, -0.1) is 0 Å². The Labute approximate surface area is 175 Å². The number of carbonyl (C=O) groups is 1. The highest BCUT2D eigenvalue weighted by Gasteiger charge is 2.22. The van der Waals surface area contributed by atoms with E-state index in [1.807, 2.05) is 42.5 Å². The summed E-state index contributed by atoms with van der Waals surface area (Å²) in [5, 5.41) is 3.18. The highest BCUT2D eigenvalue weighted by Crippen LogP contribution is 2.28. The summed E-state index contributed by atoms with van der Waals surface area (Å²) in [4.78, 5) is 36.6. The monoisotopic (exact) mass is 402 g/mol. The summed E-state index contributed by atoms with van der Waals surface area (Å²) in [5.41, 5.74) is 2.00. The third-order valence-electron chi connectivity index (χ3n) is 5.60. The van der Waals surface area contributed by atoms with Crippen LogP contribution in [0.25, 0.3) is 11.5 Å². The van der Waals surface area contributed by atoms with Gasteiger partial charge in [0.2, 0.25) is 5.91 Å². The Morgan fingerprint density at radius 2 is 1.87 bits per heavy atom. The van der Waals surface area contributed by atoms with Gasteiger partial charge >= 0.3 is 0 Å². The maximum Gasteiger partial charge on any atom is 0.251 e. The van der Waals surface area contributed by atoms with Crippen molar-refractivity contribution in [2.75, 3.05) is 0 Å². The Morgan fingerprint density at radius 3 is 2.60 bits per heavy atom. The summed E-state index contributed by atoms with van der Waals surface area (Å²) in [6, 6.07) is 16.6. The number of nitrogens with zero attached hydrogens (tertiary/aromatic N) is 2. The first-order chi connectivity index (χ1) is 14.7. The number of aromatic amines is 1. The van der Waals surface area contributed by atoms with Crippen molar-refractivity contribution in [3.05, 3.63) is 82.4 Å². The Kier molecular flexibility index (Phi) is 6.32. The van der Waals surface area contributed by atoms with Crippen LogP contribution in [0.2, 0.25) is 0 Å². The maximum atomic E-state index is 12.7. The molecule has 1 aromatic carbocycles. The van der Waals surface area contributed by atoms with Crippen LogP contribution in [-0.4, -0.2) is 20.9 Å². The number of nitrogens with one attached hydrogen (secondary N) is 2. The fourth-order valence-corrected chi connectivity index (χ4v) is 4.11. The summed E-state index contributed by atoms with van der Waals surface area (Å²) in [7, 11) is 0. The van der Waals surface area contributed by atoms with Crippen molar-refractivity contribution in [3.8, 4) is 11.5 Å². The predicted octanol–water partition coefficient (Wildman–Crippen LogP) is 3.81. The Balaban J connectivity index is 1.56. The molecule has 0 radical (unpaired) electrons. The summed E-state index contributed by atoms with van der Waals surface area (Å²) in [6.45, 7) is 0. The van der Waals surface area contributed by atoms with E-state index in [9.17, 15) is 9.59 Å². The number of hydrogen-bond acceptors (Lipinski definition) is 4. The minimum Gasteiger partial charge on any atom is -0.349 e. The third kappa shape index (κ3) is 5.20. The van der Waals surface area contributed by atoms with Gasteiger partial charge in [-0.3, -0.25) is 14.6 Å². The summed E-state index contributed by atoms with van der Waals surface area (Å²) in [5.74, 6) is 0.975. The van der Waals surface area contributed by atoms with Gasteiger partial charge in [-0.05, 0) is 36.5 Å². The van der Waals surface area contributed by atoms with Gasteiger partial charge in [0.05, 0.1) is 11.7 Å². The van der Waals surface area contributed by atoms with Gasteiger partial charge in [0.15, 0.2) is 5.82 Å². The van der Waals surface area contributed by atoms with E-state index in [4.69, 9.17) is 0 Å². The summed E-state index contributed by atoms with van der Waals surface area (Å²) in [6.07, 6.45) is 7.35. The van der Waals surface area contributed by atoms with E-state index in [1.165, 1.54) is 18.9 Å². The molecular formula is C24H26N4O2. The molecule has 1 aliphatic carbocycles. The molecule has 1 atom stereocenters. The SMILES string of the molecule is O=C(CC1CCCC1)NC(Cc1cc(=O)[nH]c(-c2ccccn2)n1)c1ccccc1. The molecule has 0 aliphatic heterocycles. The number of pyridine rings is 1. The van der Waals surface area contributed by atoms with Gasteiger partial charge in [-0.25, -0.2) is 4.98 Å². The number of rotatable bonds is 7. The van der Waals surface area contributed by atoms with Crippen LogP contribution in [0.5, 0.6) is 0 Å². The molecule has 0 spiro atoms. The average molecular weight is 402 g/mol. The van der Waals surface area contributed by atoms with Crippen LogP contribution >= 0.6 is 0 Å². The van der Waals surface area contributed by atoms with E-state index < -0.39 is 0 Å². The molecule has 6 nitrogen and oxygen atoms in total. The molecule has 1 fully saturated rings. The molecule has 1 unspecified atom stereocenters. The molecule has 4 rings (SSSR count). The second-order valence-electron chi connectivity index (χ2n) is 7.89. The van der Waals surface area contributed by atoms with Gasteiger partial charge < -0.3 is 10.3 Å². The van der Waals surface area contributed by atoms with Gasteiger partial charge in [-0.1, -0.05) is 49.2 Å². The predicted molar refractivity (Wildman–Crippen MR) is 116 cm³/mol. The smallest absolute Gasteiger partial charge is 0.251 e. The van der Waals surface area contributed by atoms with E-state index >= 15 is 0 Å². The lowest BCUT2D eigenvalue weighted by atomic mass is 9.99. The Bertz CT molecular complexity index is 1030. The minimum absolute atomic E-state index is 0.0607. The van der Waals surface area contributed by atoms with Crippen molar-refractivity contribution in [1.29, 1.82) is 0 Å². The van der Waals surface area contributed by atoms with Crippen molar-refractivity contribution < 1.29 is 4.79 Å². The van der Waals surface area contributed by atoms with Crippen molar-refractivity contribution in [1.82, 2.24) is 20.3 Å². The largest absolute Gasteiger partial charge is 0.349 e. The second-order valence-corrected chi connectivity index (χ2v) is 7.89. The van der Waals surface area contributed by atoms with E-state index in [-0.39, 0.29) is 17.5 Å². The van der Waals surface area contributed by atoms with Crippen molar-refractivity contribution >= 4 is 5.91 Å². The van der Waals surface area contributed by atoms with Crippen LogP contribution in [0.4, 0.5) is 0 Å². The topological polar surface area (TPSA) is 87.7 Å². The Morgan fingerprint density at radius 1 is 1.10 bits per heavy atom. The number of hydrogen-bond donors (Lipinski definition) is 2. The van der Waals surface area contributed by atoms with E-state index in [2.05, 4.69) is 20.3 Å². The van der Waals surface area contributed by atoms with E-state index in [1.54, 1.807) is 12.3 Å². The first kappa shape index (κ1) is 20.0. The van der Waals surface area contributed by atoms with Gasteiger partial charge in [0.25, 0.3) is 5.56 Å². The van der Waals surface area contributed by atoms with Gasteiger partial charge in [0, 0.05) is 25.1 Å². The van der Waals surface area contributed by atoms with Crippen LogP contribution in [0, 0.1) is 5.92 Å². The quantitative estimate of drug-likeness (QED) is 0.629. The first-order valence-corrected chi connectivity index (χ1v) is 10.5. The highest BCUT2D eigenvalue weighted by molar-refractivity contribution is 5.76. The summed E-state index contributed by atoms with van der Waals surface area (Å²) >= 11 is 0. The number of H-pyrrole nitrogens is 1. The zero-order valence-electron chi connectivity index (χ0n) is 16.9. The van der Waals surface area contributed by atoms with Gasteiger partial charge in [0.1, 0.15) is 5.69 Å². The van der Waals surface area contributed by atoms with Crippen molar-refractivity contribution in [2.45, 2.75) is 44.6 Å². The molecule has 0 bridgehead atoms. The Hall–Kier alpha value is -3.28. The van der Waals surface area contributed by atoms with Crippen LogP contribution in [0.3, 0.4) is 0 Å². The first-order valence-electron chi connectivity index (χ1n) is 10.5. The van der Waals surface area contributed by atoms with Crippen LogP contribution in [0.1, 0.15) is 49.4 Å². The van der Waals surface area contributed by atoms with Crippen LogP contribution in [0.15, 0.2) is 65.6 Å². The van der Waals surface area contributed by atoms with E-state index in [0.29, 0.717) is 36.0 Å². The van der Waals surface area contributed by atoms with Crippen LogP contribution in [-0.2, 0) is 11.2 Å². The molecular weight excluding hydrogens is 376 g/mol. The fraction of sp³-hybridized carbons (Fsp3) is 0.333. The van der Waals surface area contributed by atoms with Crippen molar-refractivity contribution in [2.24, 2.45) is 5.92 Å². The number of carbonyl (C=O) groups excluding carboxylic acids is 1. The molecule has 30 heavy (non-hydrogen) atoms. The highest BCUT2D eigenvalue weighted by atomic mass is 16.1. The maximum absolute atomic E-state index is 12.7. The average Bonchev–Trinajstić information content (AvgIpc) is 3.27. The number of aromatic nitrogens is 3. The molecule has 1 amide bonds. The van der Waals surface area contributed by atoms with Crippen molar-refractivity contribution in [3.63, 3.8) is 0 Å².